The number of methoxy groups -OCH3 is 1. The molecule has 1 aliphatic carbocycles. The van der Waals surface area contributed by atoms with E-state index in [2.05, 4.69) is 60.5 Å². The van der Waals surface area contributed by atoms with E-state index >= 15 is 0 Å². The second-order valence-corrected chi connectivity index (χ2v) is 13.7. The number of carbonyl (C=O) groups excluding carboxylic acids is 2. The van der Waals surface area contributed by atoms with Gasteiger partial charge in [0, 0.05) is 25.1 Å². The largest absolute Gasteiger partial charge is 0.411 e. The van der Waals surface area contributed by atoms with Gasteiger partial charge in [0.05, 0.1) is 35.2 Å². The number of nitrogens with zero attached hydrogens (tertiary/aromatic N) is 5. The summed E-state index contributed by atoms with van der Waals surface area (Å²) in [5.74, 6) is -1.63. The van der Waals surface area contributed by atoms with Crippen LogP contribution in [0.1, 0.15) is 74.6 Å². The molecule has 2 amide bonds. The quantitative estimate of drug-likeness (QED) is 0.0618. The lowest BCUT2D eigenvalue weighted by Gasteiger charge is -2.31. The van der Waals surface area contributed by atoms with Crippen LogP contribution in [0.2, 0.25) is 5.02 Å². The molecule has 0 saturated heterocycles. The van der Waals surface area contributed by atoms with E-state index in [1.54, 1.807) is 11.4 Å². The summed E-state index contributed by atoms with van der Waals surface area (Å²) in [4.78, 5) is 39.7. The fraction of sp³-hybridized carbons (Fsp3) is 0.405. The molecule has 4 rings (SSSR count). The number of nitrogens with two attached hydrogens (primary N) is 2. The maximum Gasteiger partial charge on any atom is 0.411 e. The molecule has 306 valence electrons. The van der Waals surface area contributed by atoms with Gasteiger partial charge in [0.1, 0.15) is 11.2 Å². The van der Waals surface area contributed by atoms with E-state index in [-0.39, 0.29) is 59.3 Å². The molecule has 0 radical (unpaired) electrons. The number of aromatic nitrogens is 1. The number of amides is 2. The Morgan fingerprint density at radius 3 is 2.12 bits per heavy atom. The Bertz CT molecular complexity index is 1870. The van der Waals surface area contributed by atoms with Gasteiger partial charge in [-0.2, -0.15) is 13.2 Å². The smallest absolute Gasteiger partial charge is 0.390 e. The number of benzene rings is 2. The zero-order valence-electron chi connectivity index (χ0n) is 31.4. The minimum Gasteiger partial charge on any atom is -0.390 e. The van der Waals surface area contributed by atoms with Crippen molar-refractivity contribution in [2.24, 2.45) is 31.9 Å². The van der Waals surface area contributed by atoms with E-state index in [1.165, 1.54) is 56.6 Å². The van der Waals surface area contributed by atoms with Crippen LogP contribution in [0, 0.1) is 18.3 Å². The molecule has 1 atom stereocenters. The number of nitrogens with one attached hydrogen (secondary N) is 1. The lowest BCUT2D eigenvalue weighted by atomic mass is 10.0. The molecule has 1 aromatic heterocycles. The Kier molecular flexibility index (Phi) is 18.9. The average Bonchev–Trinajstić information content (AvgIpc) is 3.93. The summed E-state index contributed by atoms with van der Waals surface area (Å²) in [5, 5.41) is 2.26. The first-order valence-corrected chi connectivity index (χ1v) is 16.8. The van der Waals surface area contributed by atoms with Crippen molar-refractivity contribution in [3.05, 3.63) is 70.4 Å². The molecule has 0 unspecified atom stereocenters. The van der Waals surface area contributed by atoms with Crippen LogP contribution in [0.4, 0.5) is 36.4 Å². The van der Waals surface area contributed by atoms with Crippen LogP contribution >= 0.6 is 11.6 Å². The molecule has 3 aromatic rings. The van der Waals surface area contributed by atoms with Crippen LogP contribution in [0.3, 0.4) is 0 Å². The molecular formula is C37H44ClF7N8O3. The van der Waals surface area contributed by atoms with E-state index < -0.39 is 42.4 Å². The first-order valence-electron chi connectivity index (χ1n) is 16.4. The molecule has 0 spiro atoms. The van der Waals surface area contributed by atoms with Gasteiger partial charge in [0.25, 0.3) is 18.8 Å². The molecular weight excluding hydrogens is 773 g/mol. The summed E-state index contributed by atoms with van der Waals surface area (Å²) < 4.78 is 93.7. The van der Waals surface area contributed by atoms with Crippen LogP contribution < -0.4 is 16.8 Å². The first kappa shape index (κ1) is 48.7. The number of ether oxygens (including phenoxy) is 1. The Hall–Kier alpha value is -5.28. The van der Waals surface area contributed by atoms with Crippen LogP contribution in [-0.2, 0) is 9.53 Å². The number of carbonyl (C=O) groups is 2. The molecule has 19 heteroatoms. The van der Waals surface area contributed by atoms with Crippen molar-refractivity contribution >= 4 is 58.6 Å². The van der Waals surface area contributed by atoms with Crippen molar-refractivity contribution in [1.82, 2.24) is 15.2 Å². The minimum atomic E-state index is -4.28. The fourth-order valence-electron chi connectivity index (χ4n) is 4.43. The molecule has 56 heavy (non-hydrogen) atoms. The second kappa shape index (κ2) is 21.7. The third kappa shape index (κ3) is 14.4. The molecule has 1 aliphatic rings. The Morgan fingerprint density at radius 2 is 1.68 bits per heavy atom. The molecule has 11 nitrogen and oxygen atoms in total. The summed E-state index contributed by atoms with van der Waals surface area (Å²) in [6, 6.07) is 10.4. The van der Waals surface area contributed by atoms with E-state index in [0.717, 1.165) is 4.90 Å². The summed E-state index contributed by atoms with van der Waals surface area (Å²) in [7, 11) is 2.78. The monoisotopic (exact) mass is 816 g/mol. The van der Waals surface area contributed by atoms with Gasteiger partial charge < -0.3 is 21.5 Å². The number of alkyl halides is 7. The van der Waals surface area contributed by atoms with Crippen molar-refractivity contribution in [2.75, 3.05) is 20.8 Å². The molecule has 1 saturated carbocycles. The zero-order valence-corrected chi connectivity index (χ0v) is 32.2. The molecule has 1 fully saturated rings. The number of hydrogen-bond acceptors (Lipinski definition) is 6. The van der Waals surface area contributed by atoms with Gasteiger partial charge in [0.15, 0.2) is 11.8 Å². The number of fused-ring (bicyclic) bond motifs is 1. The molecule has 1 heterocycles. The Balaban J connectivity index is 0.000000763. The normalized spacial score (nSPS) is 14.5. The summed E-state index contributed by atoms with van der Waals surface area (Å²) in [6.07, 6.45) is -1.25. The molecule has 2 aromatic carbocycles. The van der Waals surface area contributed by atoms with Crippen molar-refractivity contribution in [3.63, 3.8) is 0 Å². The van der Waals surface area contributed by atoms with E-state index in [4.69, 9.17) is 27.8 Å². The number of pyridine rings is 1. The number of aliphatic imine (C=N–C) groups is 3. The van der Waals surface area contributed by atoms with Crippen molar-refractivity contribution in [1.29, 1.82) is 0 Å². The molecule has 5 N–H and O–H groups in total. The van der Waals surface area contributed by atoms with Crippen LogP contribution in [0.15, 0.2) is 63.5 Å². The lowest BCUT2D eigenvalue weighted by Crippen LogP contribution is -2.45. The number of hydrogen-bond donors (Lipinski definition) is 3. The number of guanidine groups is 1. The highest BCUT2D eigenvalue weighted by atomic mass is 35.5. The SMILES string of the molecule is C#C.CC(C)(C)C.CN=C(N)N(C(=O)c1ccc2nc(C(F)F)ccc2c1)[C@H](COC)c1ccc(Cl)c(N=C(N=CN)C(F)F)c1.O=CNC1(C(F)(F)F)CC1. The van der Waals surface area contributed by atoms with E-state index in [9.17, 15) is 40.3 Å². The van der Waals surface area contributed by atoms with Crippen molar-refractivity contribution in [3.8, 4) is 12.8 Å². The zero-order chi connectivity index (χ0) is 43.0. The van der Waals surface area contributed by atoms with Gasteiger partial charge in [-0.3, -0.25) is 19.5 Å². The highest BCUT2D eigenvalue weighted by molar-refractivity contribution is 6.33. The van der Waals surface area contributed by atoms with Crippen molar-refractivity contribution < 1.29 is 45.1 Å². The molecule has 0 aliphatic heterocycles. The topological polar surface area (TPSA) is 161 Å². The number of terminal acetylenes is 1. The minimum absolute atomic E-state index is 0.00917. The predicted molar refractivity (Wildman–Crippen MR) is 205 cm³/mol. The van der Waals surface area contributed by atoms with E-state index in [1.807, 2.05) is 0 Å². The van der Waals surface area contributed by atoms with Gasteiger partial charge in [0.2, 0.25) is 6.41 Å². The predicted octanol–water partition coefficient (Wildman–Crippen LogP) is 8.01. The average molecular weight is 817 g/mol. The van der Waals surface area contributed by atoms with Crippen LogP contribution in [0.5, 0.6) is 0 Å². The fourth-order valence-corrected chi connectivity index (χ4v) is 4.59. The third-order valence-corrected chi connectivity index (χ3v) is 7.45. The van der Waals surface area contributed by atoms with Crippen molar-refractivity contribution in [2.45, 2.75) is 71.1 Å². The van der Waals surface area contributed by atoms with Gasteiger partial charge in [-0.25, -0.2) is 32.5 Å². The van der Waals surface area contributed by atoms with Gasteiger partial charge in [-0.15, -0.1) is 12.8 Å². The maximum atomic E-state index is 13.7. The molecule has 0 bridgehead atoms. The lowest BCUT2D eigenvalue weighted by molar-refractivity contribution is -0.167. The Morgan fingerprint density at radius 1 is 1.07 bits per heavy atom. The number of halogens is 8. The summed E-state index contributed by atoms with van der Waals surface area (Å²) >= 11 is 6.19. The highest BCUT2D eigenvalue weighted by Gasteiger charge is 2.63. The Labute approximate surface area is 325 Å². The third-order valence-electron chi connectivity index (χ3n) is 7.13. The standard InChI is InChI=1S/C25H24ClF4N7O2.C5H6F3NO.C5H12.C2H2/c1-33-25(32)37(24(38)15-5-7-17-13(9-15)4-8-18(35-17)21(27)28)20(11-39-2)14-3-6-16(26)19(10-14)36-23(22(29)30)34-12-31;6-5(7,8)4(1-2-4)9-3-10;1-5(2,3)4;1-2/h3-10,12,20-22H,11H2,1-2H3,(H2,32,33)(H2,31,34,36);3H,1-2H2,(H,9,10);1-4H3;1-2H/t20-;;;/m1.../s1. The van der Waals surface area contributed by atoms with Gasteiger partial charge in [-0.05, 0) is 60.2 Å². The van der Waals surface area contributed by atoms with Crippen LogP contribution in [-0.4, -0.2) is 79.2 Å². The van der Waals surface area contributed by atoms with Gasteiger partial charge in [-0.1, -0.05) is 51.4 Å². The second-order valence-electron chi connectivity index (χ2n) is 13.3. The summed E-state index contributed by atoms with van der Waals surface area (Å²) in [5.41, 5.74) is 10.3. The summed E-state index contributed by atoms with van der Waals surface area (Å²) in [6.45, 7) is 8.67. The maximum absolute atomic E-state index is 13.7. The van der Waals surface area contributed by atoms with Crippen LogP contribution in [0.25, 0.3) is 10.9 Å². The highest BCUT2D eigenvalue weighted by Crippen LogP contribution is 2.48. The number of rotatable bonds is 10. The number of amidine groups is 1. The first-order chi connectivity index (χ1) is 26.1. The van der Waals surface area contributed by atoms with E-state index in [0.29, 0.717) is 22.7 Å². The van der Waals surface area contributed by atoms with Gasteiger partial charge >= 0.3 is 6.18 Å².